The van der Waals surface area contributed by atoms with Crippen LogP contribution in [-0.2, 0) is 14.3 Å². The average Bonchev–Trinajstić information content (AvgIpc) is 2.20. The summed E-state index contributed by atoms with van der Waals surface area (Å²) in [6.45, 7) is 3.65. The third-order valence-electron chi connectivity index (χ3n) is 1.21. The Morgan fingerprint density at radius 1 is 1.57 bits per heavy atom. The molecule has 1 atom stereocenters. The quantitative estimate of drug-likeness (QED) is 0.520. The van der Waals surface area contributed by atoms with Crippen molar-refractivity contribution in [1.82, 2.24) is 0 Å². The molecule has 3 nitrogen and oxygen atoms in total. The molecule has 0 bridgehead atoms. The summed E-state index contributed by atoms with van der Waals surface area (Å²) in [6, 6.07) is 0. The van der Waals surface area contributed by atoms with Crippen molar-refractivity contribution >= 4 is 24.0 Å². The normalized spacial score (nSPS) is 18.0. The third kappa shape index (κ3) is 7.61. The number of hydrogen-bond donors (Lipinski definition) is 0. The van der Waals surface area contributed by atoms with Crippen molar-refractivity contribution in [2.75, 3.05) is 6.61 Å². The smallest absolute Gasteiger partial charge is 0.302 e. The molecule has 0 aromatic carbocycles. The zero-order valence-corrected chi connectivity index (χ0v) is 9.12. The number of carbonyl (C=O) groups is 2. The highest BCUT2D eigenvalue weighted by Gasteiger charge is 2.00. The van der Waals surface area contributed by atoms with Gasteiger partial charge in [-0.3, -0.25) is 4.79 Å². The first-order valence-electron chi connectivity index (χ1n) is 4.28. The summed E-state index contributed by atoms with van der Waals surface area (Å²) in [7, 11) is 0. The van der Waals surface area contributed by atoms with Gasteiger partial charge in [0, 0.05) is 6.92 Å². The Morgan fingerprint density at radius 3 is 2.50 bits per heavy atom. The van der Waals surface area contributed by atoms with Gasteiger partial charge in [0.1, 0.15) is 6.29 Å². The van der Waals surface area contributed by atoms with Gasteiger partial charge in [0.15, 0.2) is 0 Å². The molecule has 1 unspecified atom stereocenters. The van der Waals surface area contributed by atoms with Gasteiger partial charge in [-0.15, -0.1) is 11.8 Å². The van der Waals surface area contributed by atoms with E-state index in [1.807, 2.05) is 23.6 Å². The lowest BCUT2D eigenvalue weighted by molar-refractivity contribution is -0.140. The van der Waals surface area contributed by atoms with Crippen LogP contribution in [0.4, 0.5) is 0 Å². The number of allylic oxidation sites excluding steroid dienone is 2. The Balaban J connectivity index is 0.000000255. The van der Waals surface area contributed by atoms with Crippen molar-refractivity contribution in [3.63, 3.8) is 0 Å². The maximum absolute atomic E-state index is 10.1. The highest BCUT2D eigenvalue weighted by atomic mass is 32.2. The second-order valence-corrected chi connectivity index (χ2v) is 3.46. The molecule has 0 amide bonds. The molecule has 0 aliphatic carbocycles. The molecule has 1 heterocycles. The topological polar surface area (TPSA) is 43.4 Å². The summed E-state index contributed by atoms with van der Waals surface area (Å²) in [5, 5.41) is 1.97. The van der Waals surface area contributed by atoms with Gasteiger partial charge in [-0.05, 0) is 12.3 Å². The van der Waals surface area contributed by atoms with Crippen LogP contribution >= 0.6 is 11.8 Å². The van der Waals surface area contributed by atoms with Crippen molar-refractivity contribution in [3.05, 3.63) is 23.6 Å². The van der Waals surface area contributed by atoms with Gasteiger partial charge in [0.05, 0.1) is 11.9 Å². The molecule has 1 aliphatic rings. The van der Waals surface area contributed by atoms with E-state index in [1.54, 1.807) is 6.92 Å². The predicted molar refractivity (Wildman–Crippen MR) is 58.0 cm³/mol. The van der Waals surface area contributed by atoms with E-state index in [2.05, 4.69) is 4.74 Å². The highest BCUT2D eigenvalue weighted by Crippen LogP contribution is 2.15. The summed E-state index contributed by atoms with van der Waals surface area (Å²) in [5.41, 5.74) is 0. The Kier molecular flexibility index (Phi) is 7.93. The summed E-state index contributed by atoms with van der Waals surface area (Å²) in [6.07, 6.45) is 6.61. The molecule has 1 rings (SSSR count). The molecule has 0 spiro atoms. The number of thioether (sulfide) groups is 1. The van der Waals surface area contributed by atoms with Crippen molar-refractivity contribution in [2.24, 2.45) is 0 Å². The lowest BCUT2D eigenvalue weighted by Crippen LogP contribution is -1.98. The monoisotopic (exact) mass is 214 g/mol. The van der Waals surface area contributed by atoms with Crippen LogP contribution < -0.4 is 0 Å². The average molecular weight is 214 g/mol. The molecule has 0 radical (unpaired) electrons. The largest absolute Gasteiger partial charge is 0.466 e. The molecule has 1 aliphatic heterocycles. The molecule has 4 heteroatoms. The third-order valence-corrected chi connectivity index (χ3v) is 2.10. The van der Waals surface area contributed by atoms with Crippen LogP contribution in [0.3, 0.4) is 0 Å². The molecule has 0 aromatic rings. The predicted octanol–water partition coefficient (Wildman–Crippen LogP) is 1.94. The van der Waals surface area contributed by atoms with Gasteiger partial charge in [0.2, 0.25) is 0 Å². The molecular formula is C10H14O3S. The minimum Gasteiger partial charge on any atom is -0.466 e. The van der Waals surface area contributed by atoms with E-state index in [4.69, 9.17) is 0 Å². The van der Waals surface area contributed by atoms with Crippen LogP contribution in [0.1, 0.15) is 13.8 Å². The van der Waals surface area contributed by atoms with E-state index < -0.39 is 0 Å². The summed E-state index contributed by atoms with van der Waals surface area (Å²) in [5.74, 6) is -0.211. The van der Waals surface area contributed by atoms with Crippen molar-refractivity contribution < 1.29 is 14.3 Å². The molecule has 0 N–H and O–H groups in total. The maximum atomic E-state index is 10.1. The van der Waals surface area contributed by atoms with Crippen LogP contribution in [-0.4, -0.2) is 24.1 Å². The molecule has 78 valence electrons. The minimum absolute atomic E-state index is 0.0556. The number of hydrogen-bond acceptors (Lipinski definition) is 4. The summed E-state index contributed by atoms with van der Waals surface area (Å²) < 4.78 is 4.40. The van der Waals surface area contributed by atoms with Crippen LogP contribution in [0.5, 0.6) is 0 Å². The first-order valence-corrected chi connectivity index (χ1v) is 5.22. The first kappa shape index (κ1) is 13.0. The Labute approximate surface area is 88.2 Å². The van der Waals surface area contributed by atoms with Crippen LogP contribution in [0.15, 0.2) is 23.6 Å². The number of carbonyl (C=O) groups excluding carboxylic acids is 2. The minimum atomic E-state index is -0.211. The van der Waals surface area contributed by atoms with E-state index in [0.29, 0.717) is 6.61 Å². The molecule has 0 aromatic heterocycles. The van der Waals surface area contributed by atoms with Crippen molar-refractivity contribution in [2.45, 2.75) is 19.1 Å². The van der Waals surface area contributed by atoms with Gasteiger partial charge in [-0.1, -0.05) is 18.2 Å². The lowest BCUT2D eigenvalue weighted by atomic mass is 10.4. The summed E-state index contributed by atoms with van der Waals surface area (Å²) in [4.78, 5) is 19.9. The van der Waals surface area contributed by atoms with Crippen LogP contribution in [0, 0.1) is 0 Å². The molecule has 0 fully saturated rings. The van der Waals surface area contributed by atoms with Gasteiger partial charge in [-0.25, -0.2) is 0 Å². The molecular weight excluding hydrogens is 200 g/mol. The molecule has 0 saturated heterocycles. The van der Waals surface area contributed by atoms with Gasteiger partial charge < -0.3 is 9.53 Å². The summed E-state index contributed by atoms with van der Waals surface area (Å²) >= 11 is 1.53. The first-order chi connectivity index (χ1) is 6.70. The van der Waals surface area contributed by atoms with E-state index in [1.165, 1.54) is 18.7 Å². The van der Waals surface area contributed by atoms with Crippen molar-refractivity contribution in [3.8, 4) is 0 Å². The maximum Gasteiger partial charge on any atom is 0.302 e. The lowest BCUT2D eigenvalue weighted by Gasteiger charge is -2.00. The standard InChI is InChI=1S/C6H6OS.C4H8O2/c7-5-6-3-1-2-4-8-6;1-3-6-4(2)5/h1-6H;3H2,1-2H3. The number of ether oxygens (including phenoxy) is 1. The van der Waals surface area contributed by atoms with Crippen LogP contribution in [0.25, 0.3) is 0 Å². The fourth-order valence-electron chi connectivity index (χ4n) is 0.681. The van der Waals surface area contributed by atoms with E-state index in [9.17, 15) is 9.59 Å². The van der Waals surface area contributed by atoms with Gasteiger partial charge >= 0.3 is 5.97 Å². The second-order valence-electron chi connectivity index (χ2n) is 2.37. The fourth-order valence-corrected chi connectivity index (χ4v) is 1.29. The molecule has 0 saturated carbocycles. The zero-order valence-electron chi connectivity index (χ0n) is 8.30. The van der Waals surface area contributed by atoms with Gasteiger partial charge in [0.25, 0.3) is 0 Å². The number of aldehydes is 1. The Hall–Kier alpha value is -1.03. The number of esters is 1. The Morgan fingerprint density at radius 2 is 2.29 bits per heavy atom. The zero-order chi connectivity index (χ0) is 10.8. The molecule has 14 heavy (non-hydrogen) atoms. The Bertz CT molecular complexity index is 234. The fraction of sp³-hybridized carbons (Fsp3) is 0.400. The van der Waals surface area contributed by atoms with Gasteiger partial charge in [-0.2, -0.15) is 0 Å². The second kappa shape index (κ2) is 8.56. The van der Waals surface area contributed by atoms with E-state index in [0.717, 1.165) is 6.29 Å². The highest BCUT2D eigenvalue weighted by molar-refractivity contribution is 8.03. The number of rotatable bonds is 2. The van der Waals surface area contributed by atoms with E-state index >= 15 is 0 Å². The van der Waals surface area contributed by atoms with Crippen LogP contribution in [0.2, 0.25) is 0 Å². The van der Waals surface area contributed by atoms with Crippen molar-refractivity contribution in [1.29, 1.82) is 0 Å². The SMILES string of the molecule is CCOC(C)=O.O=CC1C=CC=CS1. The van der Waals surface area contributed by atoms with E-state index in [-0.39, 0.29) is 11.2 Å².